The van der Waals surface area contributed by atoms with Crippen molar-refractivity contribution in [2.45, 2.75) is 341 Å². The molecule has 0 aromatic rings. The van der Waals surface area contributed by atoms with E-state index in [1.165, 1.54) is 186 Å². The van der Waals surface area contributed by atoms with E-state index in [1.54, 1.807) is 0 Å². The Morgan fingerprint density at radius 1 is 0.417 bits per heavy atom. The molecule has 0 fully saturated rings. The van der Waals surface area contributed by atoms with Crippen LogP contribution in [0.5, 0.6) is 0 Å². The lowest BCUT2D eigenvalue weighted by Crippen LogP contribution is -2.46. The SMILES string of the molecule is CC/C=C\C/C=C\C/C=C\C/C=C\C/C=C\CCCCCC(=O)OC(CCCCCCCCCCCCCCCCCCC)CC(=O)NC(CO)C(O)CCCCCCCCCCCCCCCCCCC. The lowest BCUT2D eigenvalue weighted by molar-refractivity contribution is -0.151. The van der Waals surface area contributed by atoms with E-state index >= 15 is 0 Å². The average molecular weight is 1010 g/mol. The number of aliphatic hydroxyl groups is 2. The summed E-state index contributed by atoms with van der Waals surface area (Å²) in [7, 11) is 0. The summed E-state index contributed by atoms with van der Waals surface area (Å²) in [5.41, 5.74) is 0. The van der Waals surface area contributed by atoms with Crippen LogP contribution in [0.4, 0.5) is 0 Å². The van der Waals surface area contributed by atoms with Crippen molar-refractivity contribution in [1.29, 1.82) is 0 Å². The Morgan fingerprint density at radius 2 is 0.750 bits per heavy atom. The van der Waals surface area contributed by atoms with Gasteiger partial charge in [-0.1, -0.05) is 300 Å². The normalized spacial score (nSPS) is 13.5. The van der Waals surface area contributed by atoms with Crippen molar-refractivity contribution in [3.63, 3.8) is 0 Å². The highest BCUT2D eigenvalue weighted by molar-refractivity contribution is 5.77. The topological polar surface area (TPSA) is 95.9 Å². The molecule has 3 atom stereocenters. The van der Waals surface area contributed by atoms with Crippen LogP contribution in [0.2, 0.25) is 0 Å². The van der Waals surface area contributed by atoms with Gasteiger partial charge in [-0.3, -0.25) is 9.59 Å². The van der Waals surface area contributed by atoms with Crippen molar-refractivity contribution in [2.24, 2.45) is 0 Å². The van der Waals surface area contributed by atoms with Crippen molar-refractivity contribution in [1.82, 2.24) is 5.32 Å². The van der Waals surface area contributed by atoms with Gasteiger partial charge in [0.25, 0.3) is 0 Å². The van der Waals surface area contributed by atoms with Gasteiger partial charge < -0.3 is 20.3 Å². The number of hydrogen-bond acceptors (Lipinski definition) is 5. The summed E-state index contributed by atoms with van der Waals surface area (Å²) in [5, 5.41) is 24.0. The molecule has 72 heavy (non-hydrogen) atoms. The molecule has 0 aliphatic carbocycles. The van der Waals surface area contributed by atoms with Gasteiger partial charge in [-0.2, -0.15) is 0 Å². The fraction of sp³-hybridized carbons (Fsp3) is 0.818. The lowest BCUT2D eigenvalue weighted by Gasteiger charge is -2.24. The Hall–Kier alpha value is -2.44. The average Bonchev–Trinajstić information content (AvgIpc) is 3.37. The van der Waals surface area contributed by atoms with Crippen molar-refractivity contribution < 1.29 is 24.5 Å². The van der Waals surface area contributed by atoms with Crippen LogP contribution >= 0.6 is 0 Å². The molecule has 0 spiro atoms. The Kier molecular flexibility index (Phi) is 57.4. The molecule has 0 aromatic heterocycles. The number of hydrogen-bond donors (Lipinski definition) is 3. The molecule has 3 unspecified atom stereocenters. The molecule has 0 heterocycles. The first-order valence-electron chi connectivity index (χ1n) is 31.5. The van der Waals surface area contributed by atoms with E-state index in [4.69, 9.17) is 4.74 Å². The van der Waals surface area contributed by atoms with E-state index in [2.05, 4.69) is 86.8 Å². The molecule has 6 nitrogen and oxygen atoms in total. The summed E-state index contributed by atoms with van der Waals surface area (Å²) in [6.07, 6.45) is 75.8. The van der Waals surface area contributed by atoms with Crippen molar-refractivity contribution >= 4 is 11.9 Å². The third-order valence-corrected chi connectivity index (χ3v) is 14.4. The van der Waals surface area contributed by atoms with Gasteiger partial charge >= 0.3 is 5.97 Å². The summed E-state index contributed by atoms with van der Waals surface area (Å²) < 4.78 is 5.97. The van der Waals surface area contributed by atoms with Crippen LogP contribution in [-0.2, 0) is 14.3 Å². The first-order chi connectivity index (χ1) is 35.5. The fourth-order valence-electron chi connectivity index (χ4n) is 9.64. The maximum Gasteiger partial charge on any atom is 0.306 e. The van der Waals surface area contributed by atoms with Crippen LogP contribution in [0.1, 0.15) is 323 Å². The second kappa shape index (κ2) is 59.4. The smallest absolute Gasteiger partial charge is 0.306 e. The highest BCUT2D eigenvalue weighted by Gasteiger charge is 2.24. The quantitative estimate of drug-likeness (QED) is 0.0320. The molecule has 6 heteroatoms. The molecule has 0 aliphatic heterocycles. The first kappa shape index (κ1) is 69.6. The van der Waals surface area contributed by atoms with Gasteiger partial charge in [0.05, 0.1) is 25.2 Å². The number of aliphatic hydroxyl groups excluding tert-OH is 2. The molecule has 0 rings (SSSR count). The number of ether oxygens (including phenoxy) is 1. The number of carbonyl (C=O) groups is 2. The van der Waals surface area contributed by atoms with Gasteiger partial charge in [-0.05, 0) is 70.6 Å². The van der Waals surface area contributed by atoms with E-state index in [1.807, 2.05) is 0 Å². The van der Waals surface area contributed by atoms with Gasteiger partial charge in [0.1, 0.15) is 6.10 Å². The lowest BCUT2D eigenvalue weighted by atomic mass is 10.0. The Balaban J connectivity index is 4.58. The fourth-order valence-corrected chi connectivity index (χ4v) is 9.64. The molecule has 0 aliphatic rings. The van der Waals surface area contributed by atoms with Gasteiger partial charge in [-0.25, -0.2) is 0 Å². The predicted octanol–water partition coefficient (Wildman–Crippen LogP) is 19.9. The summed E-state index contributed by atoms with van der Waals surface area (Å²) in [6, 6.07) is -0.710. The standard InChI is InChI=1S/C66H121NO5/c1-4-7-10-13-16-19-22-25-28-31-32-35-38-41-44-47-50-53-56-59-66(71)72-62(57-54-51-48-45-42-39-36-33-29-26-23-20-17-14-11-8-5-2)60-65(70)67-63(61-68)64(69)58-55-52-49-46-43-40-37-34-30-27-24-21-18-15-12-9-6-3/h7,10,16,19,25,28,32,35,41,44,62-64,68-69H,4-6,8-9,11-15,17-18,20-24,26-27,29-31,33-34,36-40,42-43,45-61H2,1-3H3,(H,67,70)/b10-7-,19-16-,28-25-,35-32-,44-41-. The molecule has 0 saturated carbocycles. The molecule has 420 valence electrons. The minimum Gasteiger partial charge on any atom is -0.462 e. The van der Waals surface area contributed by atoms with Crippen LogP contribution in [0.25, 0.3) is 0 Å². The minimum atomic E-state index is -0.795. The molecule has 0 saturated heterocycles. The first-order valence-corrected chi connectivity index (χ1v) is 31.5. The zero-order valence-corrected chi connectivity index (χ0v) is 48.1. The second-order valence-corrected chi connectivity index (χ2v) is 21.4. The third-order valence-electron chi connectivity index (χ3n) is 14.4. The van der Waals surface area contributed by atoms with Crippen molar-refractivity contribution in [3.05, 3.63) is 60.8 Å². The molecule has 3 N–H and O–H groups in total. The number of allylic oxidation sites excluding steroid dienone is 10. The minimum absolute atomic E-state index is 0.0665. The Morgan fingerprint density at radius 3 is 1.12 bits per heavy atom. The zero-order chi connectivity index (χ0) is 52.3. The third kappa shape index (κ3) is 53.8. The monoisotopic (exact) mass is 1010 g/mol. The van der Waals surface area contributed by atoms with Gasteiger partial charge in [0.15, 0.2) is 0 Å². The summed E-state index contributed by atoms with van der Waals surface area (Å²) in [4.78, 5) is 26.4. The molecule has 0 aromatic carbocycles. The number of esters is 1. The largest absolute Gasteiger partial charge is 0.462 e. The second-order valence-electron chi connectivity index (χ2n) is 21.4. The highest BCUT2D eigenvalue weighted by atomic mass is 16.5. The Bertz CT molecular complexity index is 1270. The van der Waals surface area contributed by atoms with E-state index in [-0.39, 0.29) is 24.9 Å². The molecule has 1 amide bonds. The van der Waals surface area contributed by atoms with Crippen molar-refractivity contribution in [3.8, 4) is 0 Å². The summed E-state index contributed by atoms with van der Waals surface area (Å²) in [6.45, 7) is 6.41. The predicted molar refractivity (Wildman–Crippen MR) is 315 cm³/mol. The molecular weight excluding hydrogens is 887 g/mol. The van der Waals surface area contributed by atoms with E-state index in [0.717, 1.165) is 89.9 Å². The van der Waals surface area contributed by atoms with Gasteiger partial charge in [0, 0.05) is 6.42 Å². The van der Waals surface area contributed by atoms with Gasteiger partial charge in [0.2, 0.25) is 5.91 Å². The van der Waals surface area contributed by atoms with Crippen LogP contribution in [0, 0.1) is 0 Å². The van der Waals surface area contributed by atoms with E-state index in [9.17, 15) is 19.8 Å². The number of rotatable bonds is 57. The number of nitrogens with one attached hydrogen (secondary N) is 1. The van der Waals surface area contributed by atoms with Crippen LogP contribution in [0.3, 0.4) is 0 Å². The van der Waals surface area contributed by atoms with E-state index < -0.39 is 18.2 Å². The maximum absolute atomic E-state index is 13.3. The van der Waals surface area contributed by atoms with E-state index in [0.29, 0.717) is 19.3 Å². The molecular formula is C66H121NO5. The molecule has 0 radical (unpaired) electrons. The molecule has 0 bridgehead atoms. The van der Waals surface area contributed by atoms with Crippen LogP contribution < -0.4 is 5.32 Å². The van der Waals surface area contributed by atoms with Crippen LogP contribution in [-0.4, -0.2) is 46.9 Å². The summed E-state index contributed by atoms with van der Waals surface area (Å²) in [5.74, 6) is -0.496. The number of unbranched alkanes of at least 4 members (excludes halogenated alkanes) is 35. The van der Waals surface area contributed by atoms with Crippen molar-refractivity contribution in [2.75, 3.05) is 6.61 Å². The Labute approximate surface area is 448 Å². The summed E-state index contributed by atoms with van der Waals surface area (Å²) >= 11 is 0. The van der Waals surface area contributed by atoms with Crippen LogP contribution in [0.15, 0.2) is 60.8 Å². The number of amides is 1. The number of carbonyl (C=O) groups excluding carboxylic acids is 2. The highest BCUT2D eigenvalue weighted by Crippen LogP contribution is 2.19. The van der Waals surface area contributed by atoms with Gasteiger partial charge in [-0.15, -0.1) is 0 Å². The maximum atomic E-state index is 13.3. The zero-order valence-electron chi connectivity index (χ0n) is 48.1.